The van der Waals surface area contributed by atoms with Crippen molar-refractivity contribution >= 4 is 23.0 Å². The number of aromatic nitrogens is 1. The maximum absolute atomic E-state index is 13.0. The zero-order chi connectivity index (χ0) is 15.5. The average molecular weight is 310 g/mol. The first-order chi connectivity index (χ1) is 10.7. The molecule has 3 nitrogen and oxygen atoms in total. The summed E-state index contributed by atoms with van der Waals surface area (Å²) in [5.41, 5.74) is 1.97. The summed E-state index contributed by atoms with van der Waals surface area (Å²) < 4.78 is 18.4. The smallest absolute Gasteiger partial charge is 0.134 e. The van der Waals surface area contributed by atoms with Crippen LogP contribution < -0.4 is 0 Å². The van der Waals surface area contributed by atoms with E-state index in [9.17, 15) is 9.65 Å². The lowest BCUT2D eigenvalue weighted by molar-refractivity contribution is 0.525. The topological polar surface area (TPSA) is 49.8 Å². The van der Waals surface area contributed by atoms with Gasteiger partial charge >= 0.3 is 0 Å². The van der Waals surface area contributed by atoms with Gasteiger partial charge in [0, 0.05) is 17.0 Å². The van der Waals surface area contributed by atoms with E-state index in [4.69, 9.17) is 4.42 Å². The van der Waals surface area contributed by atoms with E-state index >= 15 is 0 Å². The summed E-state index contributed by atoms with van der Waals surface area (Å²) in [6.45, 7) is 1.85. The molecule has 0 fully saturated rings. The summed E-state index contributed by atoms with van der Waals surface area (Å²) in [7, 11) is 0. The van der Waals surface area contributed by atoms with E-state index in [0.717, 1.165) is 17.0 Å². The van der Waals surface area contributed by atoms with Gasteiger partial charge in [0.25, 0.3) is 0 Å². The first kappa shape index (κ1) is 14.2. The first-order valence-corrected chi connectivity index (χ1v) is 7.44. The second-order valence-corrected chi connectivity index (χ2v) is 5.52. The maximum atomic E-state index is 13.0. The summed E-state index contributed by atoms with van der Waals surface area (Å²) in [6, 6.07) is 11.9. The Balaban J connectivity index is 1.93. The Labute approximate surface area is 131 Å². The van der Waals surface area contributed by atoms with Gasteiger partial charge in [0.15, 0.2) is 0 Å². The van der Waals surface area contributed by atoms with Gasteiger partial charge in [-0.2, -0.15) is 5.26 Å². The molecule has 5 heteroatoms. The van der Waals surface area contributed by atoms with Gasteiger partial charge in [-0.05, 0) is 43.3 Å². The third-order valence-corrected chi connectivity index (χ3v) is 3.92. The Hall–Kier alpha value is -2.71. The van der Waals surface area contributed by atoms with E-state index < -0.39 is 0 Å². The summed E-state index contributed by atoms with van der Waals surface area (Å²) in [5.74, 6) is 1.12. The number of aryl methyl sites for hydroxylation is 1. The highest BCUT2D eigenvalue weighted by atomic mass is 32.1. The SMILES string of the molecule is Cc1ccc(C=C(C#N)c2nc(-c3ccc(F)cc3)cs2)o1. The Bertz CT molecular complexity index is 869. The Morgan fingerprint density at radius 1 is 1.27 bits per heavy atom. The third-order valence-electron chi connectivity index (χ3n) is 3.04. The standard InChI is InChI=1S/C17H11FN2OS/c1-11-2-7-15(21-11)8-13(9-19)17-20-16(10-22-17)12-3-5-14(18)6-4-12/h2-8,10H,1H3. The minimum absolute atomic E-state index is 0.287. The monoisotopic (exact) mass is 310 g/mol. The molecule has 0 spiro atoms. The Kier molecular flexibility index (Phi) is 3.86. The van der Waals surface area contributed by atoms with Crippen LogP contribution in [0.5, 0.6) is 0 Å². The quantitative estimate of drug-likeness (QED) is 0.645. The maximum Gasteiger partial charge on any atom is 0.134 e. The zero-order valence-corrected chi connectivity index (χ0v) is 12.5. The van der Waals surface area contributed by atoms with Gasteiger partial charge in [-0.15, -0.1) is 11.3 Å². The van der Waals surface area contributed by atoms with Crippen molar-refractivity contribution in [1.29, 1.82) is 5.26 Å². The predicted molar refractivity (Wildman–Crippen MR) is 84.4 cm³/mol. The van der Waals surface area contributed by atoms with Gasteiger partial charge in [-0.3, -0.25) is 0 Å². The molecule has 0 saturated carbocycles. The van der Waals surface area contributed by atoms with Gasteiger partial charge in [-0.25, -0.2) is 9.37 Å². The van der Waals surface area contributed by atoms with Gasteiger partial charge in [0.05, 0.1) is 11.3 Å². The molecule has 0 N–H and O–H groups in total. The Morgan fingerprint density at radius 2 is 2.05 bits per heavy atom. The van der Waals surface area contributed by atoms with E-state index in [1.807, 2.05) is 18.4 Å². The molecule has 0 aliphatic carbocycles. The van der Waals surface area contributed by atoms with Crippen molar-refractivity contribution in [3.8, 4) is 17.3 Å². The number of allylic oxidation sites excluding steroid dienone is 1. The highest BCUT2D eigenvalue weighted by molar-refractivity contribution is 7.11. The van der Waals surface area contributed by atoms with Crippen molar-refractivity contribution in [2.45, 2.75) is 6.92 Å². The summed E-state index contributed by atoms with van der Waals surface area (Å²) in [6.07, 6.45) is 1.67. The number of rotatable bonds is 3. The molecular weight excluding hydrogens is 299 g/mol. The number of halogens is 1. The lowest BCUT2D eigenvalue weighted by Crippen LogP contribution is -1.83. The molecule has 3 rings (SSSR count). The van der Waals surface area contributed by atoms with Crippen molar-refractivity contribution < 1.29 is 8.81 Å². The van der Waals surface area contributed by atoms with Crippen LogP contribution in [-0.4, -0.2) is 4.98 Å². The molecule has 0 atom stereocenters. The lowest BCUT2D eigenvalue weighted by Gasteiger charge is -1.96. The minimum atomic E-state index is -0.287. The Morgan fingerprint density at radius 3 is 2.68 bits per heavy atom. The number of benzene rings is 1. The summed E-state index contributed by atoms with van der Waals surface area (Å²) in [4.78, 5) is 4.45. The fraction of sp³-hybridized carbons (Fsp3) is 0.0588. The van der Waals surface area contributed by atoms with Crippen molar-refractivity contribution in [2.24, 2.45) is 0 Å². The average Bonchev–Trinajstić information content (AvgIpc) is 3.15. The molecule has 2 aromatic heterocycles. The highest BCUT2D eigenvalue weighted by Crippen LogP contribution is 2.27. The van der Waals surface area contributed by atoms with E-state index in [1.165, 1.54) is 23.5 Å². The van der Waals surface area contributed by atoms with E-state index in [1.54, 1.807) is 24.3 Å². The second-order valence-electron chi connectivity index (χ2n) is 4.66. The van der Waals surface area contributed by atoms with E-state index in [-0.39, 0.29) is 5.82 Å². The first-order valence-electron chi connectivity index (χ1n) is 6.56. The van der Waals surface area contributed by atoms with Crippen LogP contribution in [0.3, 0.4) is 0 Å². The zero-order valence-electron chi connectivity index (χ0n) is 11.7. The van der Waals surface area contributed by atoms with Crippen molar-refractivity contribution in [1.82, 2.24) is 4.98 Å². The van der Waals surface area contributed by atoms with E-state index in [0.29, 0.717) is 16.3 Å². The van der Waals surface area contributed by atoms with Crippen LogP contribution in [-0.2, 0) is 0 Å². The van der Waals surface area contributed by atoms with Crippen LogP contribution in [0, 0.1) is 24.1 Å². The lowest BCUT2D eigenvalue weighted by atomic mass is 10.2. The normalized spacial score (nSPS) is 11.4. The molecule has 22 heavy (non-hydrogen) atoms. The molecule has 0 radical (unpaired) electrons. The number of nitrogens with zero attached hydrogens (tertiary/aromatic N) is 2. The van der Waals surface area contributed by atoms with Crippen LogP contribution in [0.1, 0.15) is 16.5 Å². The summed E-state index contributed by atoms with van der Waals surface area (Å²) in [5, 5.41) is 11.8. The van der Waals surface area contributed by atoms with Crippen LogP contribution in [0.15, 0.2) is 46.2 Å². The van der Waals surface area contributed by atoms with Crippen LogP contribution in [0.4, 0.5) is 4.39 Å². The number of hydrogen-bond acceptors (Lipinski definition) is 4. The number of nitriles is 1. The van der Waals surface area contributed by atoms with Crippen LogP contribution >= 0.6 is 11.3 Å². The van der Waals surface area contributed by atoms with Gasteiger partial charge in [-0.1, -0.05) is 0 Å². The number of thiazole rings is 1. The fourth-order valence-electron chi connectivity index (χ4n) is 1.97. The molecule has 0 bridgehead atoms. The molecule has 2 heterocycles. The van der Waals surface area contributed by atoms with E-state index in [2.05, 4.69) is 11.1 Å². The highest BCUT2D eigenvalue weighted by Gasteiger charge is 2.10. The number of furan rings is 1. The second kappa shape index (κ2) is 5.96. The van der Waals surface area contributed by atoms with Crippen molar-refractivity contribution in [3.05, 3.63) is 64.1 Å². The summed E-state index contributed by atoms with van der Waals surface area (Å²) >= 11 is 1.37. The molecule has 108 valence electrons. The van der Waals surface area contributed by atoms with Crippen molar-refractivity contribution in [2.75, 3.05) is 0 Å². The van der Waals surface area contributed by atoms with Crippen LogP contribution in [0.2, 0.25) is 0 Å². The van der Waals surface area contributed by atoms with Gasteiger partial charge in [0.2, 0.25) is 0 Å². The molecule has 0 unspecified atom stereocenters. The predicted octanol–water partition coefficient (Wildman–Crippen LogP) is 4.91. The van der Waals surface area contributed by atoms with Crippen molar-refractivity contribution in [3.63, 3.8) is 0 Å². The largest absolute Gasteiger partial charge is 0.462 e. The third kappa shape index (κ3) is 2.97. The number of hydrogen-bond donors (Lipinski definition) is 0. The van der Waals surface area contributed by atoms with Crippen LogP contribution in [0.25, 0.3) is 22.9 Å². The molecular formula is C17H11FN2OS. The molecule has 0 aliphatic rings. The molecule has 0 amide bonds. The van der Waals surface area contributed by atoms with Gasteiger partial charge < -0.3 is 4.42 Å². The molecule has 0 aliphatic heterocycles. The van der Waals surface area contributed by atoms with Gasteiger partial charge in [0.1, 0.15) is 28.4 Å². The molecule has 3 aromatic rings. The minimum Gasteiger partial charge on any atom is -0.462 e. The fourth-order valence-corrected chi connectivity index (χ4v) is 2.76. The molecule has 0 saturated heterocycles. The molecule has 1 aromatic carbocycles.